The second kappa shape index (κ2) is 8.15. The average Bonchev–Trinajstić information content (AvgIpc) is 2.53. The summed E-state index contributed by atoms with van der Waals surface area (Å²) in [6.45, 7) is 1.23. The van der Waals surface area contributed by atoms with E-state index in [2.05, 4.69) is 0 Å². The van der Waals surface area contributed by atoms with Gasteiger partial charge in [-0.05, 0) is 6.92 Å². The first-order valence-electron chi connectivity index (χ1n) is 7.60. The lowest BCUT2D eigenvalue weighted by atomic mass is 9.98. The molecule has 0 aromatic rings. The van der Waals surface area contributed by atoms with Gasteiger partial charge in [0.05, 0.1) is 18.8 Å². The molecule has 0 bridgehead atoms. The van der Waals surface area contributed by atoms with Crippen molar-refractivity contribution in [3.05, 3.63) is 0 Å². The van der Waals surface area contributed by atoms with Gasteiger partial charge in [-0.1, -0.05) is 0 Å². The van der Waals surface area contributed by atoms with Crippen molar-refractivity contribution < 1.29 is 44.1 Å². The Morgan fingerprint density at radius 1 is 0.957 bits per heavy atom. The Balaban J connectivity index is 2.13. The van der Waals surface area contributed by atoms with Crippen LogP contribution in [0.25, 0.3) is 0 Å². The number of hydrogen-bond acceptors (Lipinski definition) is 9. The lowest BCUT2D eigenvalue weighted by Gasteiger charge is -2.45. The van der Waals surface area contributed by atoms with Crippen LogP contribution < -0.4 is 0 Å². The van der Waals surface area contributed by atoms with E-state index in [1.54, 1.807) is 6.92 Å². The summed E-state index contributed by atoms with van der Waals surface area (Å²) >= 11 is 0. The highest BCUT2D eigenvalue weighted by Gasteiger charge is 2.49. The Morgan fingerprint density at radius 3 is 2.22 bits per heavy atom. The van der Waals surface area contributed by atoms with Gasteiger partial charge in [0.25, 0.3) is 0 Å². The van der Waals surface area contributed by atoms with E-state index in [1.165, 1.54) is 14.2 Å². The maximum absolute atomic E-state index is 10.3. The normalized spacial score (nSPS) is 48.4. The third-order valence-corrected chi connectivity index (χ3v) is 4.28. The van der Waals surface area contributed by atoms with Gasteiger partial charge in [-0.15, -0.1) is 0 Å². The fourth-order valence-corrected chi connectivity index (χ4v) is 2.86. The topological polar surface area (TPSA) is 127 Å². The average molecular weight is 338 g/mol. The maximum Gasteiger partial charge on any atom is 0.186 e. The van der Waals surface area contributed by atoms with Crippen LogP contribution in [0.5, 0.6) is 0 Å². The lowest BCUT2D eigenvalue weighted by molar-refractivity contribution is -0.347. The van der Waals surface area contributed by atoms with Crippen molar-refractivity contribution in [2.24, 2.45) is 0 Å². The van der Waals surface area contributed by atoms with Gasteiger partial charge in [-0.25, -0.2) is 0 Å². The van der Waals surface area contributed by atoms with Gasteiger partial charge >= 0.3 is 0 Å². The van der Waals surface area contributed by atoms with Crippen LogP contribution in [-0.4, -0.2) is 96.6 Å². The molecule has 2 aliphatic rings. The first-order valence-corrected chi connectivity index (χ1v) is 7.60. The van der Waals surface area contributed by atoms with Gasteiger partial charge in [-0.2, -0.15) is 0 Å². The quantitative estimate of drug-likeness (QED) is 0.449. The molecule has 0 saturated carbocycles. The van der Waals surface area contributed by atoms with Crippen LogP contribution in [0.1, 0.15) is 13.3 Å². The molecule has 9 atom stereocenters. The van der Waals surface area contributed by atoms with E-state index in [9.17, 15) is 20.4 Å². The summed E-state index contributed by atoms with van der Waals surface area (Å²) in [5.41, 5.74) is 0. The molecule has 4 N–H and O–H groups in total. The third-order valence-electron chi connectivity index (χ3n) is 4.28. The summed E-state index contributed by atoms with van der Waals surface area (Å²) in [6.07, 6.45) is -8.01. The predicted molar refractivity (Wildman–Crippen MR) is 75.4 cm³/mol. The van der Waals surface area contributed by atoms with Crippen molar-refractivity contribution in [3.8, 4) is 0 Å². The van der Waals surface area contributed by atoms with E-state index in [0.717, 1.165) is 0 Å². The molecular weight excluding hydrogens is 312 g/mol. The number of ether oxygens (including phenoxy) is 5. The van der Waals surface area contributed by atoms with Crippen molar-refractivity contribution in [1.82, 2.24) is 0 Å². The Labute approximate surface area is 134 Å². The van der Waals surface area contributed by atoms with Gasteiger partial charge in [0.15, 0.2) is 12.6 Å². The van der Waals surface area contributed by atoms with Crippen molar-refractivity contribution >= 4 is 0 Å². The van der Waals surface area contributed by atoms with Gasteiger partial charge in [-0.3, -0.25) is 0 Å². The number of methoxy groups -OCH3 is 2. The van der Waals surface area contributed by atoms with E-state index in [-0.39, 0.29) is 6.42 Å². The predicted octanol–water partition coefficient (Wildman–Crippen LogP) is -2.03. The fourth-order valence-electron chi connectivity index (χ4n) is 2.86. The summed E-state index contributed by atoms with van der Waals surface area (Å²) in [5, 5.41) is 39.4. The van der Waals surface area contributed by atoms with Crippen LogP contribution in [0.15, 0.2) is 0 Å². The Kier molecular flexibility index (Phi) is 6.72. The zero-order valence-electron chi connectivity index (χ0n) is 13.4. The summed E-state index contributed by atoms with van der Waals surface area (Å²) in [7, 11) is 2.82. The molecule has 0 amide bonds. The zero-order chi connectivity index (χ0) is 17.1. The van der Waals surface area contributed by atoms with Crippen LogP contribution in [0, 0.1) is 0 Å². The van der Waals surface area contributed by atoms with E-state index in [4.69, 9.17) is 23.7 Å². The molecule has 0 spiro atoms. The van der Waals surface area contributed by atoms with Crippen LogP contribution >= 0.6 is 0 Å². The van der Waals surface area contributed by atoms with Gasteiger partial charge in [0.1, 0.15) is 30.5 Å². The summed E-state index contributed by atoms with van der Waals surface area (Å²) in [5.74, 6) is 0. The molecule has 2 fully saturated rings. The number of aliphatic hydroxyl groups is 4. The smallest absolute Gasteiger partial charge is 0.186 e. The van der Waals surface area contributed by atoms with Crippen LogP contribution in [0.4, 0.5) is 0 Å². The largest absolute Gasteiger partial charge is 0.394 e. The Hall–Kier alpha value is -0.360. The molecule has 0 aromatic carbocycles. The molecule has 23 heavy (non-hydrogen) atoms. The van der Waals surface area contributed by atoms with E-state index < -0.39 is 61.9 Å². The number of rotatable bonds is 5. The minimum absolute atomic E-state index is 0.0972. The van der Waals surface area contributed by atoms with Crippen molar-refractivity contribution in [2.45, 2.75) is 68.7 Å². The monoisotopic (exact) mass is 338 g/mol. The lowest BCUT2D eigenvalue weighted by Crippen LogP contribution is -2.62. The summed E-state index contributed by atoms with van der Waals surface area (Å²) in [6, 6.07) is 0. The third kappa shape index (κ3) is 4.01. The molecule has 0 aromatic heterocycles. The molecule has 0 radical (unpaired) electrons. The standard InChI is InChI=1S/C14H26O9/c1-6-7(16)4-8(17)13(21-6)23-11-10(18)9(5-15)22-14(20-3)12(11)19-2/h6-18H,4-5H2,1-3H3/t6-,7-,8-,9-,10-,11+,12+,13-,14+/m1/s1. The van der Waals surface area contributed by atoms with Crippen molar-refractivity contribution in [2.75, 3.05) is 20.8 Å². The minimum atomic E-state index is -1.20. The second-order valence-corrected chi connectivity index (χ2v) is 5.83. The minimum Gasteiger partial charge on any atom is -0.394 e. The Bertz CT molecular complexity index is 368. The maximum atomic E-state index is 10.3. The number of aliphatic hydroxyl groups excluding tert-OH is 4. The van der Waals surface area contributed by atoms with E-state index >= 15 is 0 Å². The molecule has 0 unspecified atom stereocenters. The van der Waals surface area contributed by atoms with Crippen LogP contribution in [0.2, 0.25) is 0 Å². The van der Waals surface area contributed by atoms with Crippen molar-refractivity contribution in [1.29, 1.82) is 0 Å². The van der Waals surface area contributed by atoms with E-state index in [0.29, 0.717) is 0 Å². The van der Waals surface area contributed by atoms with Gasteiger partial charge in [0, 0.05) is 20.6 Å². The van der Waals surface area contributed by atoms with Gasteiger partial charge in [0.2, 0.25) is 0 Å². The zero-order valence-corrected chi connectivity index (χ0v) is 13.4. The SMILES string of the molecule is CO[C@H]1O[C@H](CO)[C@@H](O)[C@H](O[C@H]2O[C@H](C)[C@H](O)C[C@H]2O)[C@@H]1OC. The van der Waals surface area contributed by atoms with Crippen LogP contribution in [0.3, 0.4) is 0 Å². The van der Waals surface area contributed by atoms with Crippen LogP contribution in [-0.2, 0) is 23.7 Å². The molecule has 9 nitrogen and oxygen atoms in total. The highest BCUT2D eigenvalue weighted by Crippen LogP contribution is 2.30. The molecule has 2 aliphatic heterocycles. The molecule has 2 saturated heterocycles. The summed E-state index contributed by atoms with van der Waals surface area (Å²) in [4.78, 5) is 0. The van der Waals surface area contributed by atoms with E-state index in [1.807, 2.05) is 0 Å². The highest BCUT2D eigenvalue weighted by atomic mass is 16.7. The summed E-state index contributed by atoms with van der Waals surface area (Å²) < 4.78 is 27.0. The second-order valence-electron chi connectivity index (χ2n) is 5.83. The van der Waals surface area contributed by atoms with Crippen molar-refractivity contribution in [3.63, 3.8) is 0 Å². The molecule has 136 valence electrons. The molecular formula is C14H26O9. The molecule has 0 aliphatic carbocycles. The molecule has 9 heteroatoms. The first kappa shape index (κ1) is 19.0. The number of hydrogen-bond donors (Lipinski definition) is 4. The Morgan fingerprint density at radius 2 is 1.65 bits per heavy atom. The molecule has 2 heterocycles. The molecule has 2 rings (SSSR count). The van der Waals surface area contributed by atoms with Gasteiger partial charge < -0.3 is 44.1 Å². The fraction of sp³-hybridized carbons (Fsp3) is 1.00. The highest BCUT2D eigenvalue weighted by molar-refractivity contribution is 4.92. The first-order chi connectivity index (χ1) is 10.9.